The average molecular weight is 403 g/mol. The molecule has 1 aliphatic heterocycles. The predicted molar refractivity (Wildman–Crippen MR) is 99.8 cm³/mol. The molecule has 0 bridgehead atoms. The molecule has 4 rings (SSSR count). The Morgan fingerprint density at radius 1 is 1.25 bits per heavy atom. The van der Waals surface area contributed by atoms with Gasteiger partial charge in [0.25, 0.3) is 0 Å². The van der Waals surface area contributed by atoms with E-state index in [1.807, 2.05) is 0 Å². The van der Waals surface area contributed by atoms with Crippen molar-refractivity contribution in [3.05, 3.63) is 42.5 Å². The third kappa shape index (κ3) is 3.29. The van der Waals surface area contributed by atoms with Crippen LogP contribution in [0, 0.1) is 0 Å². The molecule has 0 spiro atoms. The molecule has 10 nitrogen and oxygen atoms in total. The van der Waals surface area contributed by atoms with Gasteiger partial charge in [-0.15, -0.1) is 11.8 Å². The van der Waals surface area contributed by atoms with Gasteiger partial charge in [0.15, 0.2) is 17.7 Å². The fourth-order valence-corrected chi connectivity index (χ4v) is 4.07. The van der Waals surface area contributed by atoms with Gasteiger partial charge in [-0.25, -0.2) is 19.7 Å². The number of nitrogen functional groups attached to an aromatic ring is 1. The Labute approximate surface area is 163 Å². The molecule has 4 atom stereocenters. The number of aliphatic hydroxyl groups excluding tert-OH is 2. The minimum absolute atomic E-state index is 0.179. The van der Waals surface area contributed by atoms with E-state index < -0.39 is 30.5 Å². The minimum atomic E-state index is -1.19. The van der Waals surface area contributed by atoms with E-state index in [-0.39, 0.29) is 11.4 Å². The molecule has 0 saturated carbocycles. The Kier molecular flexibility index (Phi) is 4.89. The number of aromatic nitrogens is 4. The van der Waals surface area contributed by atoms with Crippen LogP contribution in [-0.2, 0) is 4.74 Å². The van der Waals surface area contributed by atoms with Crippen LogP contribution in [0.5, 0.6) is 0 Å². The smallest absolute Gasteiger partial charge is 0.335 e. The molecule has 11 heteroatoms. The number of benzene rings is 1. The van der Waals surface area contributed by atoms with Gasteiger partial charge in [0.05, 0.1) is 18.0 Å². The SMILES string of the molecule is Nc1ncnc2c1ncn2[C@@H]1O[C@H](CSc2cccc(C(=O)O)c2)[C@@H](O)[C@H]1O. The number of aliphatic hydroxyl groups is 2. The van der Waals surface area contributed by atoms with Crippen molar-refractivity contribution in [3.63, 3.8) is 0 Å². The summed E-state index contributed by atoms with van der Waals surface area (Å²) < 4.78 is 7.37. The first-order chi connectivity index (χ1) is 13.5. The summed E-state index contributed by atoms with van der Waals surface area (Å²) in [6.07, 6.45) is -1.15. The van der Waals surface area contributed by atoms with Crippen molar-refractivity contribution in [1.29, 1.82) is 0 Å². The van der Waals surface area contributed by atoms with E-state index in [2.05, 4.69) is 15.0 Å². The van der Waals surface area contributed by atoms with Gasteiger partial charge in [-0.2, -0.15) is 0 Å². The number of carboxylic acids is 1. The second-order valence-electron chi connectivity index (χ2n) is 6.27. The van der Waals surface area contributed by atoms with Gasteiger partial charge in [-0.05, 0) is 18.2 Å². The number of nitrogens with two attached hydrogens (primary N) is 1. The summed E-state index contributed by atoms with van der Waals surface area (Å²) in [6.45, 7) is 0. The summed E-state index contributed by atoms with van der Waals surface area (Å²) in [5.41, 5.74) is 6.74. The number of hydrogen-bond donors (Lipinski definition) is 4. The molecular weight excluding hydrogens is 386 g/mol. The second kappa shape index (κ2) is 7.36. The minimum Gasteiger partial charge on any atom is -0.478 e. The molecule has 0 radical (unpaired) electrons. The quantitative estimate of drug-likeness (QED) is 0.443. The Balaban J connectivity index is 1.51. The van der Waals surface area contributed by atoms with Crippen LogP contribution in [0.15, 0.2) is 41.8 Å². The number of carbonyl (C=O) groups is 1. The maximum Gasteiger partial charge on any atom is 0.335 e. The monoisotopic (exact) mass is 403 g/mol. The number of carboxylic acid groups (broad SMARTS) is 1. The molecule has 0 unspecified atom stereocenters. The highest BCUT2D eigenvalue weighted by molar-refractivity contribution is 7.99. The lowest BCUT2D eigenvalue weighted by atomic mass is 10.1. The molecule has 3 heterocycles. The molecule has 0 aliphatic carbocycles. The first kappa shape index (κ1) is 18.6. The first-order valence-corrected chi connectivity index (χ1v) is 9.35. The molecule has 146 valence electrons. The van der Waals surface area contributed by atoms with Crippen molar-refractivity contribution in [3.8, 4) is 0 Å². The number of imidazole rings is 1. The number of anilines is 1. The van der Waals surface area contributed by atoms with Gasteiger partial charge in [-0.1, -0.05) is 6.07 Å². The van der Waals surface area contributed by atoms with Crippen LogP contribution in [0.1, 0.15) is 16.6 Å². The van der Waals surface area contributed by atoms with Crippen molar-refractivity contribution >= 4 is 34.7 Å². The second-order valence-corrected chi connectivity index (χ2v) is 7.37. The molecule has 0 amide bonds. The largest absolute Gasteiger partial charge is 0.478 e. The Hall–Kier alpha value is -2.73. The van der Waals surface area contributed by atoms with Crippen LogP contribution in [0.2, 0.25) is 0 Å². The topological polar surface area (TPSA) is 157 Å². The van der Waals surface area contributed by atoms with Crippen LogP contribution < -0.4 is 5.73 Å². The predicted octanol–water partition coefficient (Wildman–Crippen LogP) is 0.518. The zero-order valence-electron chi connectivity index (χ0n) is 14.4. The lowest BCUT2D eigenvalue weighted by Gasteiger charge is -2.16. The average Bonchev–Trinajstić information content (AvgIpc) is 3.23. The fraction of sp³-hybridized carbons (Fsp3) is 0.294. The van der Waals surface area contributed by atoms with Crippen molar-refractivity contribution < 1.29 is 24.9 Å². The highest BCUT2D eigenvalue weighted by Gasteiger charge is 2.44. The summed E-state index contributed by atoms with van der Waals surface area (Å²) in [5, 5.41) is 29.9. The van der Waals surface area contributed by atoms with E-state index in [1.165, 1.54) is 35.0 Å². The van der Waals surface area contributed by atoms with Crippen LogP contribution in [0.3, 0.4) is 0 Å². The van der Waals surface area contributed by atoms with Crippen molar-refractivity contribution in [2.75, 3.05) is 11.5 Å². The zero-order valence-corrected chi connectivity index (χ0v) is 15.2. The number of ether oxygens (including phenoxy) is 1. The van der Waals surface area contributed by atoms with Gasteiger partial charge in [0.1, 0.15) is 24.1 Å². The summed E-state index contributed by atoms with van der Waals surface area (Å²) in [4.78, 5) is 23.9. The van der Waals surface area contributed by atoms with E-state index in [4.69, 9.17) is 15.6 Å². The number of aromatic carboxylic acids is 1. The molecule has 5 N–H and O–H groups in total. The van der Waals surface area contributed by atoms with E-state index in [1.54, 1.807) is 18.2 Å². The van der Waals surface area contributed by atoms with Crippen molar-refractivity contribution in [1.82, 2.24) is 19.5 Å². The maximum atomic E-state index is 11.1. The van der Waals surface area contributed by atoms with E-state index in [0.29, 0.717) is 16.9 Å². The Morgan fingerprint density at radius 2 is 2.07 bits per heavy atom. The van der Waals surface area contributed by atoms with Crippen LogP contribution in [0.4, 0.5) is 5.82 Å². The first-order valence-electron chi connectivity index (χ1n) is 8.36. The molecule has 2 aromatic heterocycles. The molecule has 1 aliphatic rings. The molecule has 1 saturated heterocycles. The van der Waals surface area contributed by atoms with Gasteiger partial charge in [-0.3, -0.25) is 4.57 Å². The van der Waals surface area contributed by atoms with Crippen LogP contribution in [-0.4, -0.2) is 64.9 Å². The van der Waals surface area contributed by atoms with E-state index >= 15 is 0 Å². The number of thioether (sulfide) groups is 1. The highest BCUT2D eigenvalue weighted by atomic mass is 32.2. The van der Waals surface area contributed by atoms with Gasteiger partial charge < -0.3 is 25.8 Å². The van der Waals surface area contributed by atoms with Crippen molar-refractivity contribution in [2.45, 2.75) is 29.4 Å². The lowest BCUT2D eigenvalue weighted by molar-refractivity contribution is -0.0289. The van der Waals surface area contributed by atoms with Gasteiger partial charge >= 0.3 is 5.97 Å². The normalized spacial score (nSPS) is 24.6. The number of rotatable bonds is 5. The number of hydrogen-bond acceptors (Lipinski definition) is 9. The van der Waals surface area contributed by atoms with E-state index in [9.17, 15) is 15.0 Å². The Bertz CT molecular complexity index is 1030. The van der Waals surface area contributed by atoms with Gasteiger partial charge in [0, 0.05) is 10.6 Å². The number of nitrogens with zero attached hydrogens (tertiary/aromatic N) is 4. The highest BCUT2D eigenvalue weighted by Crippen LogP contribution is 2.34. The molecular formula is C17H17N5O5S. The zero-order chi connectivity index (χ0) is 19.8. The van der Waals surface area contributed by atoms with Crippen LogP contribution >= 0.6 is 11.8 Å². The molecule has 3 aromatic rings. The van der Waals surface area contributed by atoms with E-state index in [0.717, 1.165) is 4.90 Å². The maximum absolute atomic E-state index is 11.1. The summed E-state index contributed by atoms with van der Waals surface area (Å²) in [5.74, 6) is -0.479. The summed E-state index contributed by atoms with van der Waals surface area (Å²) >= 11 is 1.33. The third-order valence-corrected chi connectivity index (χ3v) is 5.58. The summed E-state index contributed by atoms with van der Waals surface area (Å²) in [7, 11) is 0. The molecule has 28 heavy (non-hydrogen) atoms. The summed E-state index contributed by atoms with van der Waals surface area (Å²) in [6, 6.07) is 6.47. The molecule has 1 fully saturated rings. The Morgan fingerprint density at radius 3 is 2.86 bits per heavy atom. The molecule has 1 aromatic carbocycles. The van der Waals surface area contributed by atoms with Crippen LogP contribution in [0.25, 0.3) is 11.2 Å². The van der Waals surface area contributed by atoms with Crippen molar-refractivity contribution in [2.24, 2.45) is 0 Å². The number of fused-ring (bicyclic) bond motifs is 1. The van der Waals surface area contributed by atoms with Gasteiger partial charge in [0.2, 0.25) is 0 Å². The standard InChI is InChI=1S/C17H17N5O5S/c18-14-11-15(20-6-19-14)22(7-21-11)16-13(24)12(23)10(27-16)5-28-9-3-1-2-8(4-9)17(25)26/h1-4,6-7,10,12-13,16,23-24H,5H2,(H,25,26)(H2,18,19,20)/t10-,12-,13-,16-/m1/s1. The fourth-order valence-electron chi connectivity index (χ4n) is 3.05. The third-order valence-electron chi connectivity index (χ3n) is 4.49. The lowest BCUT2D eigenvalue weighted by Crippen LogP contribution is -2.32.